The van der Waals surface area contributed by atoms with Crippen molar-refractivity contribution in [3.8, 4) is 5.75 Å². The molecule has 0 aliphatic carbocycles. The molecule has 0 atom stereocenters. The van der Waals surface area contributed by atoms with Gasteiger partial charge in [0.2, 0.25) is 0 Å². The SMILES string of the molecule is COc1ccc(Br)cc1Nc1ccnc2cc(N)ccc12. The van der Waals surface area contributed by atoms with Gasteiger partial charge in [0.1, 0.15) is 5.75 Å². The standard InChI is InChI=1S/C16H14BrN3O/c1-21-16-5-2-10(17)8-15(16)20-13-6-7-19-14-9-11(18)3-4-12(13)14/h2-9H,18H2,1H3,(H,19,20). The quantitative estimate of drug-likeness (QED) is 0.694. The van der Waals surface area contributed by atoms with Crippen molar-refractivity contribution in [2.24, 2.45) is 0 Å². The van der Waals surface area contributed by atoms with Gasteiger partial charge in [-0.1, -0.05) is 15.9 Å². The molecule has 0 aliphatic rings. The van der Waals surface area contributed by atoms with Gasteiger partial charge in [0.05, 0.1) is 18.3 Å². The highest BCUT2D eigenvalue weighted by Gasteiger charge is 2.07. The highest BCUT2D eigenvalue weighted by molar-refractivity contribution is 9.10. The zero-order valence-corrected chi connectivity index (χ0v) is 13.0. The summed E-state index contributed by atoms with van der Waals surface area (Å²) in [7, 11) is 1.65. The maximum atomic E-state index is 5.81. The van der Waals surface area contributed by atoms with E-state index >= 15 is 0 Å². The number of anilines is 3. The molecule has 106 valence electrons. The molecule has 3 rings (SSSR count). The number of ether oxygens (including phenoxy) is 1. The third-order valence-corrected chi connectivity index (χ3v) is 3.69. The van der Waals surface area contributed by atoms with Crippen LogP contribution in [0, 0.1) is 0 Å². The summed E-state index contributed by atoms with van der Waals surface area (Å²) < 4.78 is 6.36. The average molecular weight is 344 g/mol. The van der Waals surface area contributed by atoms with E-state index in [0.717, 1.165) is 32.5 Å². The van der Waals surface area contributed by atoms with Crippen molar-refractivity contribution in [1.29, 1.82) is 0 Å². The van der Waals surface area contributed by atoms with Crippen LogP contribution in [0.4, 0.5) is 17.1 Å². The van der Waals surface area contributed by atoms with E-state index in [0.29, 0.717) is 5.69 Å². The summed E-state index contributed by atoms with van der Waals surface area (Å²) in [6, 6.07) is 13.4. The molecule has 5 heteroatoms. The van der Waals surface area contributed by atoms with Crippen LogP contribution in [0.3, 0.4) is 0 Å². The smallest absolute Gasteiger partial charge is 0.142 e. The van der Waals surface area contributed by atoms with Gasteiger partial charge in [0, 0.05) is 27.4 Å². The van der Waals surface area contributed by atoms with Crippen LogP contribution < -0.4 is 15.8 Å². The second-order valence-corrected chi connectivity index (χ2v) is 5.52. The lowest BCUT2D eigenvalue weighted by Gasteiger charge is -2.13. The van der Waals surface area contributed by atoms with Crippen molar-refractivity contribution in [2.45, 2.75) is 0 Å². The summed E-state index contributed by atoms with van der Waals surface area (Å²) >= 11 is 3.47. The molecule has 0 fully saturated rings. The summed E-state index contributed by atoms with van der Waals surface area (Å²) in [6.45, 7) is 0. The maximum absolute atomic E-state index is 5.81. The molecule has 3 aromatic rings. The van der Waals surface area contributed by atoms with Crippen molar-refractivity contribution in [3.63, 3.8) is 0 Å². The highest BCUT2D eigenvalue weighted by Crippen LogP contribution is 2.33. The number of fused-ring (bicyclic) bond motifs is 1. The number of nitrogen functional groups attached to an aromatic ring is 1. The van der Waals surface area contributed by atoms with Crippen molar-refractivity contribution in [2.75, 3.05) is 18.2 Å². The number of nitrogens with one attached hydrogen (secondary N) is 1. The lowest BCUT2D eigenvalue weighted by Crippen LogP contribution is -1.96. The van der Waals surface area contributed by atoms with Crippen LogP contribution in [-0.2, 0) is 0 Å². The van der Waals surface area contributed by atoms with Crippen LogP contribution >= 0.6 is 15.9 Å². The van der Waals surface area contributed by atoms with Crippen LogP contribution in [0.15, 0.2) is 53.1 Å². The Balaban J connectivity index is 2.08. The number of nitrogens with zero attached hydrogens (tertiary/aromatic N) is 1. The van der Waals surface area contributed by atoms with Gasteiger partial charge in [-0.05, 0) is 42.5 Å². The van der Waals surface area contributed by atoms with E-state index in [-0.39, 0.29) is 0 Å². The van der Waals surface area contributed by atoms with Crippen molar-refractivity contribution >= 4 is 43.9 Å². The molecule has 21 heavy (non-hydrogen) atoms. The third-order valence-electron chi connectivity index (χ3n) is 3.20. The Kier molecular flexibility index (Phi) is 3.66. The molecule has 0 bridgehead atoms. The topological polar surface area (TPSA) is 60.2 Å². The Hall–Kier alpha value is -2.27. The fraction of sp³-hybridized carbons (Fsp3) is 0.0625. The van der Waals surface area contributed by atoms with Crippen molar-refractivity contribution < 1.29 is 4.74 Å². The van der Waals surface area contributed by atoms with Crippen LogP contribution in [-0.4, -0.2) is 12.1 Å². The molecule has 0 unspecified atom stereocenters. The third kappa shape index (κ3) is 2.78. The predicted molar refractivity (Wildman–Crippen MR) is 90.1 cm³/mol. The first-order chi connectivity index (χ1) is 10.2. The maximum Gasteiger partial charge on any atom is 0.142 e. The molecule has 0 spiro atoms. The number of benzene rings is 2. The van der Waals surface area contributed by atoms with E-state index < -0.39 is 0 Å². The summed E-state index contributed by atoms with van der Waals surface area (Å²) in [4.78, 5) is 4.34. The van der Waals surface area contributed by atoms with Gasteiger partial charge in [-0.25, -0.2) is 0 Å². The molecule has 1 heterocycles. The van der Waals surface area contributed by atoms with Crippen LogP contribution in [0.2, 0.25) is 0 Å². The number of rotatable bonds is 3. The van der Waals surface area contributed by atoms with E-state index in [4.69, 9.17) is 10.5 Å². The fourth-order valence-corrected chi connectivity index (χ4v) is 2.56. The molecule has 0 aliphatic heterocycles. The lowest BCUT2D eigenvalue weighted by molar-refractivity contribution is 0.417. The van der Waals surface area contributed by atoms with Gasteiger partial charge in [0.15, 0.2) is 0 Å². The van der Waals surface area contributed by atoms with Gasteiger partial charge < -0.3 is 15.8 Å². The lowest BCUT2D eigenvalue weighted by atomic mass is 10.1. The number of hydrogen-bond donors (Lipinski definition) is 2. The number of hydrogen-bond acceptors (Lipinski definition) is 4. The molecular formula is C16H14BrN3O. The second-order valence-electron chi connectivity index (χ2n) is 4.60. The number of halogens is 1. The van der Waals surface area contributed by atoms with E-state index in [1.54, 1.807) is 13.3 Å². The molecule has 2 aromatic carbocycles. The van der Waals surface area contributed by atoms with Gasteiger partial charge in [0.25, 0.3) is 0 Å². The summed E-state index contributed by atoms with van der Waals surface area (Å²) in [5.74, 6) is 0.776. The predicted octanol–water partition coefficient (Wildman–Crippen LogP) is 4.33. The van der Waals surface area contributed by atoms with Crippen LogP contribution in [0.1, 0.15) is 0 Å². The molecular weight excluding hydrogens is 330 g/mol. The van der Waals surface area contributed by atoms with Crippen LogP contribution in [0.25, 0.3) is 10.9 Å². The van der Waals surface area contributed by atoms with Gasteiger partial charge in [-0.2, -0.15) is 0 Å². The van der Waals surface area contributed by atoms with E-state index in [2.05, 4.69) is 26.2 Å². The monoisotopic (exact) mass is 343 g/mol. The minimum absolute atomic E-state index is 0.701. The summed E-state index contributed by atoms with van der Waals surface area (Å²) in [5.41, 5.74) is 9.20. The van der Waals surface area contributed by atoms with Gasteiger partial charge in [-0.15, -0.1) is 0 Å². The number of aromatic nitrogens is 1. The normalized spacial score (nSPS) is 10.6. The number of methoxy groups -OCH3 is 1. The zero-order valence-electron chi connectivity index (χ0n) is 11.4. The molecule has 0 radical (unpaired) electrons. The Morgan fingerprint density at radius 2 is 1.95 bits per heavy atom. The molecule has 0 saturated carbocycles. The minimum Gasteiger partial charge on any atom is -0.495 e. The van der Waals surface area contributed by atoms with E-state index in [1.807, 2.05) is 42.5 Å². The fourth-order valence-electron chi connectivity index (χ4n) is 2.20. The molecule has 0 amide bonds. The second kappa shape index (κ2) is 5.61. The average Bonchev–Trinajstić information content (AvgIpc) is 2.47. The summed E-state index contributed by atoms with van der Waals surface area (Å²) in [6.07, 6.45) is 1.76. The Bertz CT molecular complexity index is 805. The highest BCUT2D eigenvalue weighted by atomic mass is 79.9. The Labute approximate surface area is 131 Å². The first-order valence-corrected chi connectivity index (χ1v) is 7.21. The number of nitrogens with two attached hydrogens (primary N) is 1. The first-order valence-electron chi connectivity index (χ1n) is 6.42. The van der Waals surface area contributed by atoms with Gasteiger partial charge >= 0.3 is 0 Å². The molecule has 0 saturated heterocycles. The van der Waals surface area contributed by atoms with Crippen molar-refractivity contribution in [1.82, 2.24) is 4.98 Å². The Morgan fingerprint density at radius 1 is 1.10 bits per heavy atom. The van der Waals surface area contributed by atoms with Crippen molar-refractivity contribution in [3.05, 3.63) is 53.1 Å². The molecule has 4 nitrogen and oxygen atoms in total. The zero-order chi connectivity index (χ0) is 14.8. The summed E-state index contributed by atoms with van der Waals surface area (Å²) in [5, 5.41) is 4.40. The van der Waals surface area contributed by atoms with E-state index in [1.165, 1.54) is 0 Å². The first kappa shape index (κ1) is 13.7. The minimum atomic E-state index is 0.701. The number of pyridine rings is 1. The van der Waals surface area contributed by atoms with Crippen LogP contribution in [0.5, 0.6) is 5.75 Å². The molecule has 3 N–H and O–H groups in total. The van der Waals surface area contributed by atoms with Gasteiger partial charge in [-0.3, -0.25) is 4.98 Å². The Morgan fingerprint density at radius 3 is 2.76 bits per heavy atom. The van der Waals surface area contributed by atoms with E-state index in [9.17, 15) is 0 Å². The largest absolute Gasteiger partial charge is 0.495 e. The molecule has 1 aromatic heterocycles.